The summed E-state index contributed by atoms with van der Waals surface area (Å²) in [5.41, 5.74) is 5.74. The second-order valence-electron chi connectivity index (χ2n) is 3.41. The van der Waals surface area contributed by atoms with E-state index in [1.165, 1.54) is 6.42 Å². The van der Waals surface area contributed by atoms with Gasteiger partial charge < -0.3 is 15.6 Å². The van der Waals surface area contributed by atoms with Crippen LogP contribution in [0.5, 0.6) is 0 Å². The van der Waals surface area contributed by atoms with Gasteiger partial charge in [0.25, 0.3) is 0 Å². The van der Waals surface area contributed by atoms with Gasteiger partial charge in [-0.05, 0) is 19.3 Å². The molecule has 0 saturated carbocycles. The van der Waals surface area contributed by atoms with E-state index in [0.29, 0.717) is 0 Å². The average Bonchev–Trinajstić information content (AvgIpc) is 2.04. The van der Waals surface area contributed by atoms with Crippen LogP contribution in [-0.4, -0.2) is 39.8 Å². The molecule has 0 aliphatic carbocycles. The zero-order valence-electron chi connectivity index (χ0n) is 7.05. The van der Waals surface area contributed by atoms with E-state index in [2.05, 4.69) is 0 Å². The Bertz CT molecular complexity index is 126. The molecule has 0 aromatic carbocycles. The van der Waals surface area contributed by atoms with Crippen molar-refractivity contribution in [1.29, 1.82) is 0 Å². The van der Waals surface area contributed by atoms with Gasteiger partial charge in [-0.2, -0.15) is 0 Å². The Morgan fingerprint density at radius 2 is 2.36 bits per heavy atom. The number of hydrogen-bond donors (Lipinski definition) is 2. The lowest BCUT2D eigenvalue weighted by atomic mass is 10.0. The van der Waals surface area contributed by atoms with Gasteiger partial charge in [-0.25, -0.2) is 0 Å². The summed E-state index contributed by atoms with van der Waals surface area (Å²) in [5.74, 6) is 0. The summed E-state index contributed by atoms with van der Waals surface area (Å²) in [7, 11) is 0.916. The zero-order chi connectivity index (χ0) is 8.32. The molecule has 66 valence electrons. The minimum absolute atomic E-state index is 0.0451. The molecule has 4 heteroatoms. The van der Waals surface area contributed by atoms with Crippen LogP contribution >= 0.6 is 0 Å². The zero-order valence-corrected chi connectivity index (χ0v) is 9.05. The largest absolute Gasteiger partial charge is 0.395 e. The number of rotatable bonds is 2. The van der Waals surface area contributed by atoms with Crippen LogP contribution in [0.2, 0.25) is 0 Å². The first-order valence-electron chi connectivity index (χ1n) is 4.19. The van der Waals surface area contributed by atoms with Gasteiger partial charge in [-0.1, -0.05) is 0 Å². The lowest BCUT2D eigenvalue weighted by Gasteiger charge is -2.38. The summed E-state index contributed by atoms with van der Waals surface area (Å²) >= 11 is 0. The van der Waals surface area contributed by atoms with Crippen molar-refractivity contribution in [2.75, 3.05) is 13.2 Å². The molecule has 1 heterocycles. The standard InChI is InChI=1S/C7H17NO2Si/c8-6(5-9)7(11)3-1-2-4-10-7/h6,9H,1-5,8H2,11H3. The van der Waals surface area contributed by atoms with Crippen molar-refractivity contribution in [2.45, 2.75) is 30.5 Å². The number of aliphatic hydroxyl groups is 1. The molecule has 1 rings (SSSR count). The van der Waals surface area contributed by atoms with Gasteiger partial charge in [0, 0.05) is 16.8 Å². The second kappa shape index (κ2) is 3.67. The van der Waals surface area contributed by atoms with Gasteiger partial charge in [-0.15, -0.1) is 0 Å². The normalized spacial score (nSPS) is 35.5. The first kappa shape index (κ1) is 9.19. The molecule has 1 aliphatic rings. The van der Waals surface area contributed by atoms with Crippen molar-refractivity contribution >= 4 is 10.2 Å². The third-order valence-corrected chi connectivity index (χ3v) is 4.01. The minimum Gasteiger partial charge on any atom is -0.395 e. The van der Waals surface area contributed by atoms with E-state index in [-0.39, 0.29) is 17.9 Å². The Kier molecular flexibility index (Phi) is 3.06. The Morgan fingerprint density at radius 3 is 2.82 bits per heavy atom. The van der Waals surface area contributed by atoms with Gasteiger partial charge >= 0.3 is 0 Å². The Hall–Kier alpha value is 0.0969. The molecule has 0 aromatic rings. The van der Waals surface area contributed by atoms with Crippen molar-refractivity contribution in [2.24, 2.45) is 5.73 Å². The summed E-state index contributed by atoms with van der Waals surface area (Å²) in [4.78, 5) is 0. The summed E-state index contributed by atoms with van der Waals surface area (Å²) in [6.45, 7) is 0.862. The first-order valence-corrected chi connectivity index (χ1v) is 5.19. The summed E-state index contributed by atoms with van der Waals surface area (Å²) in [6.07, 6.45) is 3.36. The lowest BCUT2D eigenvalue weighted by Crippen LogP contribution is -2.54. The first-order chi connectivity index (χ1) is 5.19. The molecule has 1 fully saturated rings. The minimum atomic E-state index is -0.172. The molecular formula is C7H17NO2Si. The topological polar surface area (TPSA) is 55.5 Å². The van der Waals surface area contributed by atoms with E-state index in [0.717, 1.165) is 29.7 Å². The monoisotopic (exact) mass is 175 g/mol. The Labute approximate surface area is 70.3 Å². The van der Waals surface area contributed by atoms with Crippen molar-refractivity contribution in [1.82, 2.24) is 0 Å². The fourth-order valence-electron chi connectivity index (χ4n) is 1.44. The molecule has 0 bridgehead atoms. The summed E-state index contributed by atoms with van der Waals surface area (Å²) < 4.78 is 5.59. The van der Waals surface area contributed by atoms with Gasteiger partial charge in [0.05, 0.1) is 17.9 Å². The molecule has 2 unspecified atom stereocenters. The quantitative estimate of drug-likeness (QED) is 0.506. The van der Waals surface area contributed by atoms with Crippen molar-refractivity contribution in [3.63, 3.8) is 0 Å². The van der Waals surface area contributed by atoms with Crippen LogP contribution in [0.25, 0.3) is 0 Å². The van der Waals surface area contributed by atoms with E-state index in [4.69, 9.17) is 15.6 Å². The molecule has 1 aliphatic heterocycles. The maximum absolute atomic E-state index is 8.87. The SMILES string of the molecule is NC(CO)C1([SiH3])CCCCO1. The van der Waals surface area contributed by atoms with Gasteiger partial charge in [0.15, 0.2) is 0 Å². The number of ether oxygens (including phenoxy) is 1. The molecule has 2 atom stereocenters. The van der Waals surface area contributed by atoms with E-state index in [9.17, 15) is 0 Å². The van der Waals surface area contributed by atoms with Crippen LogP contribution < -0.4 is 5.73 Å². The second-order valence-corrected chi connectivity index (χ2v) is 5.10. The van der Waals surface area contributed by atoms with E-state index < -0.39 is 0 Å². The molecule has 0 spiro atoms. The van der Waals surface area contributed by atoms with E-state index in [1.807, 2.05) is 0 Å². The van der Waals surface area contributed by atoms with Crippen LogP contribution in [0.4, 0.5) is 0 Å². The van der Waals surface area contributed by atoms with Gasteiger partial charge in [-0.3, -0.25) is 0 Å². The highest BCUT2D eigenvalue weighted by Crippen LogP contribution is 2.23. The lowest BCUT2D eigenvalue weighted by molar-refractivity contribution is -0.0433. The molecule has 3 N–H and O–H groups in total. The van der Waals surface area contributed by atoms with Crippen LogP contribution in [0.1, 0.15) is 19.3 Å². The number of hydrogen-bond acceptors (Lipinski definition) is 3. The molecular weight excluding hydrogens is 158 g/mol. The van der Waals surface area contributed by atoms with Gasteiger partial charge in [0.1, 0.15) is 0 Å². The molecule has 1 saturated heterocycles. The Morgan fingerprint density at radius 1 is 1.64 bits per heavy atom. The molecule has 0 radical (unpaired) electrons. The predicted octanol–water partition coefficient (Wildman–Crippen LogP) is -1.43. The average molecular weight is 175 g/mol. The summed E-state index contributed by atoms with van der Waals surface area (Å²) in [6, 6.07) is -0.172. The maximum Gasteiger partial charge on any atom is 0.0654 e. The Balaban J connectivity index is 2.49. The van der Waals surface area contributed by atoms with Crippen LogP contribution in [-0.2, 0) is 4.74 Å². The van der Waals surface area contributed by atoms with Crippen LogP contribution in [0.3, 0.4) is 0 Å². The molecule has 11 heavy (non-hydrogen) atoms. The van der Waals surface area contributed by atoms with E-state index in [1.54, 1.807) is 0 Å². The van der Waals surface area contributed by atoms with Crippen molar-refractivity contribution in [3.8, 4) is 0 Å². The fraction of sp³-hybridized carbons (Fsp3) is 1.00. The fourth-order valence-corrected chi connectivity index (χ4v) is 2.18. The maximum atomic E-state index is 8.87. The highest BCUT2D eigenvalue weighted by atomic mass is 28.1. The van der Waals surface area contributed by atoms with Crippen molar-refractivity contribution < 1.29 is 9.84 Å². The third-order valence-electron chi connectivity index (χ3n) is 2.48. The molecule has 3 nitrogen and oxygen atoms in total. The molecule has 0 aromatic heterocycles. The van der Waals surface area contributed by atoms with E-state index >= 15 is 0 Å². The summed E-state index contributed by atoms with van der Waals surface area (Å²) in [5, 5.41) is 8.72. The predicted molar refractivity (Wildman–Crippen MR) is 47.5 cm³/mol. The number of nitrogens with two attached hydrogens (primary N) is 1. The highest BCUT2D eigenvalue weighted by Gasteiger charge is 2.33. The van der Waals surface area contributed by atoms with Crippen molar-refractivity contribution in [3.05, 3.63) is 0 Å². The number of aliphatic hydroxyl groups excluding tert-OH is 1. The van der Waals surface area contributed by atoms with Crippen LogP contribution in [0.15, 0.2) is 0 Å². The van der Waals surface area contributed by atoms with Crippen LogP contribution in [0, 0.1) is 0 Å². The highest BCUT2D eigenvalue weighted by molar-refractivity contribution is 6.15. The molecule has 0 amide bonds. The third kappa shape index (κ3) is 2.02. The van der Waals surface area contributed by atoms with Gasteiger partial charge in [0.2, 0.25) is 0 Å². The smallest absolute Gasteiger partial charge is 0.0654 e.